The zero-order chi connectivity index (χ0) is 15.4. The van der Waals surface area contributed by atoms with Crippen LogP contribution in [0.15, 0.2) is 18.2 Å². The van der Waals surface area contributed by atoms with Gasteiger partial charge in [0.15, 0.2) is 0 Å². The van der Waals surface area contributed by atoms with Crippen LogP contribution in [-0.4, -0.2) is 41.7 Å². The molecule has 0 bridgehead atoms. The zero-order valence-corrected chi connectivity index (χ0v) is 13.5. The summed E-state index contributed by atoms with van der Waals surface area (Å²) in [5.41, 5.74) is 7.89. The van der Waals surface area contributed by atoms with Gasteiger partial charge in [-0.2, -0.15) is 0 Å². The van der Waals surface area contributed by atoms with Gasteiger partial charge in [-0.3, -0.25) is 4.90 Å². The lowest BCUT2D eigenvalue weighted by Crippen LogP contribution is -2.24. The summed E-state index contributed by atoms with van der Waals surface area (Å²) in [5, 5.41) is 0. The van der Waals surface area contributed by atoms with Crippen LogP contribution < -0.4 is 10.5 Å². The van der Waals surface area contributed by atoms with Crippen molar-refractivity contribution in [3.8, 4) is 5.75 Å². The van der Waals surface area contributed by atoms with E-state index in [9.17, 15) is 0 Å². The lowest BCUT2D eigenvalue weighted by molar-refractivity contribution is 0.273. The molecule has 0 amide bonds. The Morgan fingerprint density at radius 2 is 2.10 bits per heavy atom. The number of rotatable bonds is 7. The van der Waals surface area contributed by atoms with Crippen molar-refractivity contribution in [2.75, 3.05) is 27.2 Å². The minimum absolute atomic E-state index is 0.291. The van der Waals surface area contributed by atoms with Gasteiger partial charge >= 0.3 is 0 Å². The number of nitrogens with zero attached hydrogens (tertiary/aromatic N) is 3. The first-order valence-electron chi connectivity index (χ1n) is 7.61. The monoisotopic (exact) mass is 290 g/mol. The molecule has 0 aliphatic heterocycles. The van der Waals surface area contributed by atoms with Crippen molar-refractivity contribution in [3.05, 3.63) is 24.0 Å². The topological polar surface area (TPSA) is 56.3 Å². The summed E-state index contributed by atoms with van der Waals surface area (Å²) in [6.07, 6.45) is 1.01. The maximum atomic E-state index is 5.79. The highest BCUT2D eigenvalue weighted by atomic mass is 16.5. The van der Waals surface area contributed by atoms with E-state index in [1.54, 1.807) is 0 Å². The van der Waals surface area contributed by atoms with E-state index in [2.05, 4.69) is 36.6 Å². The minimum Gasteiger partial charge on any atom is -0.494 e. The number of benzene rings is 1. The van der Waals surface area contributed by atoms with Crippen LogP contribution >= 0.6 is 0 Å². The molecule has 0 fully saturated rings. The third kappa shape index (κ3) is 3.19. The van der Waals surface area contributed by atoms with Gasteiger partial charge in [0.05, 0.1) is 23.7 Å². The molecule has 21 heavy (non-hydrogen) atoms. The molecule has 5 heteroatoms. The fourth-order valence-corrected chi connectivity index (χ4v) is 2.78. The second kappa shape index (κ2) is 6.91. The maximum absolute atomic E-state index is 5.79. The van der Waals surface area contributed by atoms with Gasteiger partial charge in [-0.15, -0.1) is 0 Å². The van der Waals surface area contributed by atoms with E-state index in [1.165, 1.54) is 0 Å². The van der Waals surface area contributed by atoms with Crippen molar-refractivity contribution in [2.45, 2.75) is 32.9 Å². The molecule has 2 N–H and O–H groups in total. The van der Waals surface area contributed by atoms with Crippen LogP contribution in [0.1, 0.15) is 32.1 Å². The number of nitrogens with two attached hydrogens (primary N) is 1. The van der Waals surface area contributed by atoms with Crippen LogP contribution in [0.2, 0.25) is 0 Å². The molecule has 116 valence electrons. The van der Waals surface area contributed by atoms with Gasteiger partial charge in [0, 0.05) is 19.2 Å². The number of aromatic nitrogens is 2. The Kier molecular flexibility index (Phi) is 5.20. The Morgan fingerprint density at radius 1 is 1.33 bits per heavy atom. The molecule has 0 aliphatic carbocycles. The summed E-state index contributed by atoms with van der Waals surface area (Å²) in [4.78, 5) is 7.06. The molecule has 0 spiro atoms. The maximum Gasteiger partial charge on any atom is 0.127 e. The van der Waals surface area contributed by atoms with Gasteiger partial charge in [0.25, 0.3) is 0 Å². The summed E-state index contributed by atoms with van der Waals surface area (Å²) >= 11 is 0. The van der Waals surface area contributed by atoms with E-state index in [-0.39, 0.29) is 0 Å². The Hall–Kier alpha value is -1.59. The SMILES string of the molecule is CCOc1ccc2c(c1)nc(C(CC)N(C)C)n2CCN. The van der Waals surface area contributed by atoms with Crippen LogP contribution in [0.5, 0.6) is 5.75 Å². The Labute approximate surface area is 126 Å². The molecule has 0 aliphatic rings. The molecule has 2 rings (SSSR count). The predicted octanol–water partition coefficient (Wildman–Crippen LogP) is 2.41. The number of hydrogen-bond acceptors (Lipinski definition) is 4. The zero-order valence-electron chi connectivity index (χ0n) is 13.5. The summed E-state index contributed by atoms with van der Waals surface area (Å²) < 4.78 is 7.81. The highest BCUT2D eigenvalue weighted by Crippen LogP contribution is 2.28. The molecular weight excluding hydrogens is 264 g/mol. The van der Waals surface area contributed by atoms with Gasteiger partial charge in [-0.1, -0.05) is 6.92 Å². The number of fused-ring (bicyclic) bond motifs is 1. The fourth-order valence-electron chi connectivity index (χ4n) is 2.78. The molecule has 2 aromatic rings. The number of hydrogen-bond donors (Lipinski definition) is 1. The van der Waals surface area contributed by atoms with E-state index in [4.69, 9.17) is 15.5 Å². The van der Waals surface area contributed by atoms with Crippen molar-refractivity contribution in [3.63, 3.8) is 0 Å². The Bertz CT molecular complexity index is 591. The number of ether oxygens (including phenoxy) is 1. The largest absolute Gasteiger partial charge is 0.494 e. The van der Waals surface area contributed by atoms with Gasteiger partial charge in [0.1, 0.15) is 11.6 Å². The van der Waals surface area contributed by atoms with E-state index in [0.29, 0.717) is 19.2 Å². The number of imidazole rings is 1. The highest BCUT2D eigenvalue weighted by molar-refractivity contribution is 5.78. The van der Waals surface area contributed by atoms with Crippen molar-refractivity contribution in [1.82, 2.24) is 14.5 Å². The van der Waals surface area contributed by atoms with Gasteiger partial charge in [0.2, 0.25) is 0 Å². The van der Waals surface area contributed by atoms with Crippen molar-refractivity contribution in [2.24, 2.45) is 5.73 Å². The standard InChI is InChI=1S/C16H26N4O/c1-5-14(19(3)4)16-18-13-11-12(21-6-2)7-8-15(13)20(16)10-9-17/h7-8,11,14H,5-6,9-10,17H2,1-4H3. The van der Waals surface area contributed by atoms with Crippen molar-refractivity contribution >= 4 is 11.0 Å². The van der Waals surface area contributed by atoms with Crippen molar-refractivity contribution in [1.29, 1.82) is 0 Å². The first-order chi connectivity index (χ1) is 10.1. The molecule has 0 saturated carbocycles. The molecular formula is C16H26N4O. The lowest BCUT2D eigenvalue weighted by atomic mass is 10.2. The summed E-state index contributed by atoms with van der Waals surface area (Å²) in [5.74, 6) is 1.95. The average molecular weight is 290 g/mol. The van der Waals surface area contributed by atoms with E-state index < -0.39 is 0 Å². The molecule has 1 aromatic heterocycles. The summed E-state index contributed by atoms with van der Waals surface area (Å²) in [6, 6.07) is 6.38. The summed E-state index contributed by atoms with van der Waals surface area (Å²) in [6.45, 7) is 6.22. The molecule has 1 unspecified atom stereocenters. The Morgan fingerprint density at radius 3 is 2.67 bits per heavy atom. The van der Waals surface area contributed by atoms with Gasteiger partial charge < -0.3 is 15.0 Å². The molecule has 1 heterocycles. The lowest BCUT2D eigenvalue weighted by Gasteiger charge is -2.23. The fraction of sp³-hybridized carbons (Fsp3) is 0.562. The molecule has 0 radical (unpaired) electrons. The first kappa shape index (κ1) is 15.8. The second-order valence-electron chi connectivity index (χ2n) is 5.38. The third-order valence-electron chi connectivity index (χ3n) is 3.72. The summed E-state index contributed by atoms with van der Waals surface area (Å²) in [7, 11) is 4.18. The van der Waals surface area contributed by atoms with Gasteiger partial charge in [-0.25, -0.2) is 4.98 Å². The quantitative estimate of drug-likeness (QED) is 0.851. The minimum atomic E-state index is 0.291. The normalized spacial score (nSPS) is 13.0. The van der Waals surface area contributed by atoms with Crippen LogP contribution in [0.3, 0.4) is 0 Å². The van der Waals surface area contributed by atoms with Gasteiger partial charge in [-0.05, 0) is 39.6 Å². The van der Waals surface area contributed by atoms with E-state index in [0.717, 1.165) is 35.6 Å². The molecule has 0 saturated heterocycles. The Balaban J connectivity index is 2.55. The molecule has 1 atom stereocenters. The van der Waals surface area contributed by atoms with Crippen LogP contribution in [0.4, 0.5) is 0 Å². The molecule has 5 nitrogen and oxygen atoms in total. The van der Waals surface area contributed by atoms with Crippen molar-refractivity contribution < 1.29 is 4.74 Å². The second-order valence-corrected chi connectivity index (χ2v) is 5.38. The smallest absolute Gasteiger partial charge is 0.127 e. The first-order valence-corrected chi connectivity index (χ1v) is 7.61. The van der Waals surface area contributed by atoms with E-state index >= 15 is 0 Å². The third-order valence-corrected chi connectivity index (χ3v) is 3.72. The average Bonchev–Trinajstić information content (AvgIpc) is 2.78. The van der Waals surface area contributed by atoms with Crippen LogP contribution in [0, 0.1) is 0 Å². The highest BCUT2D eigenvalue weighted by Gasteiger charge is 2.20. The van der Waals surface area contributed by atoms with Crippen LogP contribution in [-0.2, 0) is 6.54 Å². The predicted molar refractivity (Wildman–Crippen MR) is 86.7 cm³/mol. The van der Waals surface area contributed by atoms with Crippen LogP contribution in [0.25, 0.3) is 11.0 Å². The molecule has 1 aromatic carbocycles. The van der Waals surface area contributed by atoms with E-state index in [1.807, 2.05) is 19.1 Å².